The summed E-state index contributed by atoms with van der Waals surface area (Å²) in [7, 11) is 1.86. The van der Waals surface area contributed by atoms with Gasteiger partial charge in [0.15, 0.2) is 28.6 Å². The molecule has 1 aromatic carbocycles. The Balaban J connectivity index is 1.58. The number of benzene rings is 1. The summed E-state index contributed by atoms with van der Waals surface area (Å²) in [4.78, 5) is 13.2. The first-order chi connectivity index (χ1) is 12.6. The van der Waals surface area contributed by atoms with Gasteiger partial charge in [-0.2, -0.15) is 9.97 Å². The van der Waals surface area contributed by atoms with Gasteiger partial charge < -0.3 is 14.6 Å². The third-order valence-corrected chi connectivity index (χ3v) is 4.46. The summed E-state index contributed by atoms with van der Waals surface area (Å²) in [5.74, 6) is -0.948. The van der Waals surface area contributed by atoms with Gasteiger partial charge in [-0.25, -0.2) is 13.8 Å². The second-order valence-corrected chi connectivity index (χ2v) is 6.50. The molecule has 0 aliphatic heterocycles. The van der Waals surface area contributed by atoms with Crippen molar-refractivity contribution in [3.8, 4) is 6.01 Å². The van der Waals surface area contributed by atoms with E-state index in [-0.39, 0.29) is 12.0 Å². The first kappa shape index (κ1) is 16.7. The van der Waals surface area contributed by atoms with E-state index in [9.17, 15) is 8.78 Å². The molecule has 0 spiro atoms. The molecule has 1 saturated carbocycles. The Labute approximate surface area is 149 Å². The van der Waals surface area contributed by atoms with E-state index in [2.05, 4.69) is 20.3 Å². The van der Waals surface area contributed by atoms with E-state index in [1.165, 1.54) is 12.1 Å². The fraction of sp³-hybridized carbons (Fsp3) is 0.389. The number of hydrogen-bond acceptors (Lipinski definition) is 5. The lowest BCUT2D eigenvalue weighted by Crippen LogP contribution is -2.09. The van der Waals surface area contributed by atoms with Crippen molar-refractivity contribution in [2.45, 2.75) is 31.7 Å². The first-order valence-electron chi connectivity index (χ1n) is 8.60. The van der Waals surface area contributed by atoms with E-state index in [0.29, 0.717) is 29.6 Å². The van der Waals surface area contributed by atoms with Gasteiger partial charge in [-0.15, -0.1) is 0 Å². The predicted octanol–water partition coefficient (Wildman–Crippen LogP) is 3.40. The van der Waals surface area contributed by atoms with Crippen LogP contribution in [0.1, 0.15) is 31.2 Å². The van der Waals surface area contributed by atoms with Crippen molar-refractivity contribution < 1.29 is 13.5 Å². The number of halogens is 2. The molecule has 2 aromatic heterocycles. The van der Waals surface area contributed by atoms with Crippen molar-refractivity contribution >= 4 is 17.0 Å². The normalized spacial score (nSPS) is 18.9. The van der Waals surface area contributed by atoms with Gasteiger partial charge in [-0.3, -0.25) is 0 Å². The monoisotopic (exact) mass is 359 g/mol. The molecule has 0 unspecified atom stereocenters. The Bertz CT molecular complexity index is 958. The van der Waals surface area contributed by atoms with Crippen molar-refractivity contribution in [2.24, 2.45) is 7.05 Å². The number of rotatable bonds is 6. The molecule has 1 N–H and O–H groups in total. The lowest BCUT2D eigenvalue weighted by molar-refractivity contribution is 0.293. The Morgan fingerprint density at radius 2 is 2.12 bits per heavy atom. The minimum atomic E-state index is -0.831. The van der Waals surface area contributed by atoms with Crippen LogP contribution in [0.3, 0.4) is 0 Å². The second kappa shape index (κ2) is 6.51. The fourth-order valence-corrected chi connectivity index (χ4v) is 2.99. The smallest absolute Gasteiger partial charge is 0.320 e. The summed E-state index contributed by atoms with van der Waals surface area (Å²) in [6.45, 7) is 2.54. The molecule has 1 aliphatic carbocycles. The molecule has 0 bridgehead atoms. The number of hydrogen-bond donors (Lipinski definition) is 1. The molecule has 0 saturated heterocycles. The number of imidazole rings is 1. The van der Waals surface area contributed by atoms with E-state index < -0.39 is 11.6 Å². The Morgan fingerprint density at radius 1 is 1.27 bits per heavy atom. The maximum absolute atomic E-state index is 13.5. The first-order valence-corrected chi connectivity index (χ1v) is 8.60. The predicted molar refractivity (Wildman–Crippen MR) is 93.2 cm³/mol. The Hall–Kier alpha value is -2.77. The number of aromatic nitrogens is 4. The van der Waals surface area contributed by atoms with Crippen LogP contribution >= 0.6 is 0 Å². The standard InChI is InChI=1S/C18H19F2N5O/c1-3-6-26-18-23-16(15-17(24-18)25(2)9-21-15)22-14-8-11(14)10-4-5-12(19)13(20)7-10/h4-5,7,9,11,14H,3,6,8H2,1-2H3,(H,22,23,24)/t11-,14+/m0/s1. The van der Waals surface area contributed by atoms with Crippen molar-refractivity contribution in [1.29, 1.82) is 0 Å². The lowest BCUT2D eigenvalue weighted by atomic mass is 10.1. The van der Waals surface area contributed by atoms with Gasteiger partial charge in [0.2, 0.25) is 0 Å². The summed E-state index contributed by atoms with van der Waals surface area (Å²) >= 11 is 0. The number of ether oxygens (including phenoxy) is 1. The zero-order chi connectivity index (χ0) is 18.3. The molecular formula is C18H19F2N5O. The molecule has 0 amide bonds. The summed E-state index contributed by atoms with van der Waals surface area (Å²) in [6.07, 6.45) is 3.35. The molecule has 2 atom stereocenters. The quantitative estimate of drug-likeness (QED) is 0.731. The molecule has 136 valence electrons. The number of anilines is 1. The molecule has 6 nitrogen and oxygen atoms in total. The zero-order valence-corrected chi connectivity index (χ0v) is 14.5. The van der Waals surface area contributed by atoms with E-state index in [4.69, 9.17) is 4.74 Å². The summed E-state index contributed by atoms with van der Waals surface area (Å²) in [5, 5.41) is 3.35. The molecule has 26 heavy (non-hydrogen) atoms. The number of nitrogens with zero attached hydrogens (tertiary/aromatic N) is 4. The third kappa shape index (κ3) is 3.07. The Kier molecular flexibility index (Phi) is 4.18. The lowest BCUT2D eigenvalue weighted by Gasteiger charge is -2.09. The van der Waals surface area contributed by atoms with Crippen molar-refractivity contribution in [3.05, 3.63) is 41.7 Å². The van der Waals surface area contributed by atoms with Gasteiger partial charge in [0.25, 0.3) is 0 Å². The van der Waals surface area contributed by atoms with Gasteiger partial charge >= 0.3 is 6.01 Å². The van der Waals surface area contributed by atoms with Gasteiger partial charge in [-0.1, -0.05) is 13.0 Å². The average Bonchev–Trinajstić information content (AvgIpc) is 3.29. The van der Waals surface area contributed by atoms with Crippen molar-refractivity contribution in [1.82, 2.24) is 19.5 Å². The minimum Gasteiger partial charge on any atom is -0.463 e. The van der Waals surface area contributed by atoms with Crippen LogP contribution in [0.5, 0.6) is 6.01 Å². The van der Waals surface area contributed by atoms with E-state index in [0.717, 1.165) is 18.4 Å². The van der Waals surface area contributed by atoms with Crippen LogP contribution < -0.4 is 10.1 Å². The largest absolute Gasteiger partial charge is 0.463 e. The molecule has 4 rings (SSSR count). The number of aryl methyl sites for hydroxylation is 1. The molecule has 2 heterocycles. The summed E-state index contributed by atoms with van der Waals surface area (Å²) < 4.78 is 34.0. The third-order valence-electron chi connectivity index (χ3n) is 4.46. The molecule has 3 aromatic rings. The highest BCUT2D eigenvalue weighted by Crippen LogP contribution is 2.43. The van der Waals surface area contributed by atoms with Crippen LogP contribution in [0.25, 0.3) is 11.2 Å². The topological polar surface area (TPSA) is 64.9 Å². The van der Waals surface area contributed by atoms with E-state index >= 15 is 0 Å². The van der Waals surface area contributed by atoms with Gasteiger partial charge in [0.05, 0.1) is 12.9 Å². The molecule has 1 aliphatic rings. The second-order valence-electron chi connectivity index (χ2n) is 6.50. The zero-order valence-electron chi connectivity index (χ0n) is 14.5. The van der Waals surface area contributed by atoms with Crippen LogP contribution in [0, 0.1) is 11.6 Å². The molecule has 0 radical (unpaired) electrons. The molecular weight excluding hydrogens is 340 g/mol. The highest BCUT2D eigenvalue weighted by molar-refractivity contribution is 5.83. The van der Waals surface area contributed by atoms with Gasteiger partial charge in [0.1, 0.15) is 0 Å². The van der Waals surface area contributed by atoms with Gasteiger partial charge in [0, 0.05) is 19.0 Å². The van der Waals surface area contributed by atoms with Gasteiger partial charge in [-0.05, 0) is 30.5 Å². The highest BCUT2D eigenvalue weighted by atomic mass is 19.2. The molecule has 8 heteroatoms. The van der Waals surface area contributed by atoms with Crippen LogP contribution in [0.4, 0.5) is 14.6 Å². The SMILES string of the molecule is CCCOc1nc(N[C@@H]2C[C@H]2c2ccc(F)c(F)c2)c2ncn(C)c2n1. The Morgan fingerprint density at radius 3 is 2.88 bits per heavy atom. The number of fused-ring (bicyclic) bond motifs is 1. The fourth-order valence-electron chi connectivity index (χ4n) is 2.99. The van der Waals surface area contributed by atoms with E-state index in [1.807, 2.05) is 14.0 Å². The maximum Gasteiger partial charge on any atom is 0.320 e. The summed E-state index contributed by atoms with van der Waals surface area (Å²) in [5.41, 5.74) is 2.11. The minimum absolute atomic E-state index is 0.0824. The van der Waals surface area contributed by atoms with E-state index in [1.54, 1.807) is 17.0 Å². The van der Waals surface area contributed by atoms with Crippen LogP contribution in [-0.4, -0.2) is 32.2 Å². The summed E-state index contributed by atoms with van der Waals surface area (Å²) in [6, 6.07) is 4.43. The van der Waals surface area contributed by atoms with Crippen molar-refractivity contribution in [2.75, 3.05) is 11.9 Å². The average molecular weight is 359 g/mol. The maximum atomic E-state index is 13.5. The van der Waals surface area contributed by atoms with Crippen LogP contribution in [0.2, 0.25) is 0 Å². The number of nitrogens with one attached hydrogen (secondary N) is 1. The van der Waals surface area contributed by atoms with Crippen LogP contribution in [0.15, 0.2) is 24.5 Å². The van der Waals surface area contributed by atoms with Crippen LogP contribution in [-0.2, 0) is 7.05 Å². The highest BCUT2D eigenvalue weighted by Gasteiger charge is 2.39. The molecule has 1 fully saturated rings. The van der Waals surface area contributed by atoms with Crippen molar-refractivity contribution in [3.63, 3.8) is 0 Å².